The standard InChI is InChI=1S/C23H14F7N7O/c24-15-3-12(23(28,29)30)2-1-11(15)8-35(13-6-33-37(9-13)22(26)27)21(38)14-4-18-17(5-16(14)25)34-20(31)19-7-32-10-36(18)19/h1-7,9-10,22H,8H2,(H2,31,34). The van der Waals surface area contributed by atoms with Gasteiger partial charge in [-0.25, -0.2) is 23.4 Å². The van der Waals surface area contributed by atoms with Crippen LogP contribution < -0.4 is 10.6 Å². The Bertz CT molecular complexity index is 1690. The van der Waals surface area contributed by atoms with Gasteiger partial charge < -0.3 is 10.6 Å². The van der Waals surface area contributed by atoms with Crippen molar-refractivity contribution >= 4 is 34.0 Å². The maximum Gasteiger partial charge on any atom is 0.416 e. The van der Waals surface area contributed by atoms with E-state index in [0.717, 1.165) is 35.5 Å². The largest absolute Gasteiger partial charge is 0.416 e. The number of rotatable bonds is 5. The van der Waals surface area contributed by atoms with E-state index < -0.39 is 47.9 Å². The van der Waals surface area contributed by atoms with E-state index in [4.69, 9.17) is 5.73 Å². The van der Waals surface area contributed by atoms with Crippen LogP contribution in [0.25, 0.3) is 16.6 Å². The lowest BCUT2D eigenvalue weighted by Gasteiger charge is -2.22. The molecule has 196 valence electrons. The van der Waals surface area contributed by atoms with Crippen LogP contribution in [0.15, 0.2) is 55.2 Å². The Hall–Kier alpha value is -4.69. The van der Waals surface area contributed by atoms with Gasteiger partial charge in [-0.15, -0.1) is 0 Å². The zero-order chi connectivity index (χ0) is 27.4. The van der Waals surface area contributed by atoms with Gasteiger partial charge in [0.2, 0.25) is 0 Å². The second-order valence-corrected chi connectivity index (χ2v) is 8.12. The molecule has 0 saturated carbocycles. The van der Waals surface area contributed by atoms with Gasteiger partial charge >= 0.3 is 12.7 Å². The molecule has 0 unspecified atom stereocenters. The van der Waals surface area contributed by atoms with Gasteiger partial charge in [0.25, 0.3) is 5.91 Å². The van der Waals surface area contributed by atoms with Crippen LogP contribution in [-0.4, -0.2) is 30.1 Å². The van der Waals surface area contributed by atoms with Crippen LogP contribution in [0.1, 0.15) is 28.0 Å². The van der Waals surface area contributed by atoms with Crippen LogP contribution in [0, 0.1) is 11.6 Å². The number of benzene rings is 2. The van der Waals surface area contributed by atoms with Crippen molar-refractivity contribution in [3.05, 3.63) is 83.6 Å². The summed E-state index contributed by atoms with van der Waals surface area (Å²) >= 11 is 0. The maximum absolute atomic E-state index is 15.1. The molecule has 0 aliphatic carbocycles. The number of carbonyl (C=O) groups excluding carboxylic acids is 1. The minimum atomic E-state index is -4.82. The average molecular weight is 537 g/mol. The third-order valence-corrected chi connectivity index (χ3v) is 5.75. The first kappa shape index (κ1) is 25.0. The van der Waals surface area contributed by atoms with Crippen LogP contribution in [0.4, 0.5) is 42.2 Å². The highest BCUT2D eigenvalue weighted by Crippen LogP contribution is 2.32. The maximum atomic E-state index is 15.1. The number of nitrogens with two attached hydrogens (primary N) is 1. The fraction of sp³-hybridized carbons (Fsp3) is 0.130. The van der Waals surface area contributed by atoms with Crippen LogP contribution in [0.5, 0.6) is 0 Å². The summed E-state index contributed by atoms with van der Waals surface area (Å²) in [5.41, 5.74) is 4.03. The smallest absolute Gasteiger partial charge is 0.382 e. The first-order valence-corrected chi connectivity index (χ1v) is 10.6. The van der Waals surface area contributed by atoms with E-state index in [1.54, 1.807) is 0 Å². The van der Waals surface area contributed by atoms with E-state index in [1.807, 2.05) is 0 Å². The average Bonchev–Trinajstić information content (AvgIpc) is 3.53. The predicted octanol–water partition coefficient (Wildman–Crippen LogP) is 5.20. The van der Waals surface area contributed by atoms with Gasteiger partial charge in [0, 0.05) is 11.6 Å². The number of anilines is 2. The Morgan fingerprint density at radius 2 is 1.82 bits per heavy atom. The van der Waals surface area contributed by atoms with Crippen molar-refractivity contribution in [2.24, 2.45) is 0 Å². The molecule has 2 N–H and O–H groups in total. The monoisotopic (exact) mass is 537 g/mol. The van der Waals surface area contributed by atoms with E-state index in [2.05, 4.69) is 15.1 Å². The fourth-order valence-electron chi connectivity index (χ4n) is 3.88. The highest BCUT2D eigenvalue weighted by molar-refractivity contribution is 6.07. The number of amides is 1. The zero-order valence-electron chi connectivity index (χ0n) is 18.8. The summed E-state index contributed by atoms with van der Waals surface area (Å²) in [5, 5.41) is 3.44. The molecular weight excluding hydrogens is 523 g/mol. The van der Waals surface area contributed by atoms with Crippen molar-refractivity contribution in [1.29, 1.82) is 0 Å². The Labute approximate surface area is 207 Å². The van der Waals surface area contributed by atoms with Crippen molar-refractivity contribution in [1.82, 2.24) is 24.1 Å². The molecule has 0 bridgehead atoms. The molecule has 8 nitrogen and oxygen atoms in total. The number of imidazole rings is 1. The number of fused-ring (bicyclic) bond motifs is 3. The normalized spacial score (nSPS) is 12.1. The summed E-state index contributed by atoms with van der Waals surface area (Å²) in [6, 6.07) is 3.70. The summed E-state index contributed by atoms with van der Waals surface area (Å²) in [5.74, 6) is -3.43. The van der Waals surface area contributed by atoms with Gasteiger partial charge in [-0.1, -0.05) is 6.07 Å². The molecule has 15 heteroatoms. The molecule has 0 fully saturated rings. The molecule has 2 aromatic carbocycles. The first-order valence-electron chi connectivity index (χ1n) is 10.6. The van der Waals surface area contributed by atoms with Gasteiger partial charge in [0.1, 0.15) is 23.0 Å². The van der Waals surface area contributed by atoms with E-state index in [-0.39, 0.29) is 38.9 Å². The molecule has 5 aromatic rings. The van der Waals surface area contributed by atoms with Gasteiger partial charge in [-0.3, -0.25) is 9.20 Å². The number of hydrogen-bond acceptors (Lipinski definition) is 5. The molecule has 1 amide bonds. The van der Waals surface area contributed by atoms with Crippen molar-refractivity contribution in [3.63, 3.8) is 0 Å². The second kappa shape index (κ2) is 9.00. The van der Waals surface area contributed by atoms with Crippen LogP contribution in [0.2, 0.25) is 0 Å². The molecule has 0 saturated heterocycles. The Morgan fingerprint density at radius 1 is 1.05 bits per heavy atom. The van der Waals surface area contributed by atoms with Crippen molar-refractivity contribution < 1.29 is 35.5 Å². The number of hydrogen-bond donors (Lipinski definition) is 1. The molecule has 3 aromatic heterocycles. The van der Waals surface area contributed by atoms with Crippen LogP contribution >= 0.6 is 0 Å². The van der Waals surface area contributed by atoms with Gasteiger partial charge in [-0.05, 0) is 18.2 Å². The summed E-state index contributed by atoms with van der Waals surface area (Å²) in [7, 11) is 0. The number of halogens is 7. The number of alkyl halides is 5. The highest BCUT2D eigenvalue weighted by atomic mass is 19.4. The molecule has 0 aliphatic rings. The summed E-state index contributed by atoms with van der Waals surface area (Å²) in [6.07, 6.45) is -0.451. The number of aromatic nitrogens is 5. The highest BCUT2D eigenvalue weighted by Gasteiger charge is 2.32. The Balaban J connectivity index is 1.62. The second-order valence-electron chi connectivity index (χ2n) is 8.12. The van der Waals surface area contributed by atoms with Crippen molar-refractivity contribution in [2.75, 3.05) is 10.6 Å². The van der Waals surface area contributed by atoms with Gasteiger partial charge in [0.15, 0.2) is 0 Å². The number of carbonyl (C=O) groups is 1. The summed E-state index contributed by atoms with van der Waals surface area (Å²) < 4.78 is 96.6. The lowest BCUT2D eigenvalue weighted by molar-refractivity contribution is -0.137. The fourth-order valence-corrected chi connectivity index (χ4v) is 3.88. The van der Waals surface area contributed by atoms with Gasteiger partial charge in [-0.2, -0.15) is 27.1 Å². The van der Waals surface area contributed by atoms with E-state index in [9.17, 15) is 31.1 Å². The predicted molar refractivity (Wildman–Crippen MR) is 120 cm³/mol. The molecule has 38 heavy (non-hydrogen) atoms. The molecule has 0 atom stereocenters. The Kier molecular flexibility index (Phi) is 5.92. The quantitative estimate of drug-likeness (QED) is 0.311. The molecule has 0 radical (unpaired) electrons. The zero-order valence-corrected chi connectivity index (χ0v) is 18.8. The number of nitrogen functional groups attached to an aromatic ring is 1. The van der Waals surface area contributed by atoms with Crippen LogP contribution in [-0.2, 0) is 12.7 Å². The third kappa shape index (κ3) is 4.35. The molecule has 0 spiro atoms. The summed E-state index contributed by atoms with van der Waals surface area (Å²) in [4.78, 5) is 22.3. The van der Waals surface area contributed by atoms with Crippen molar-refractivity contribution in [3.8, 4) is 0 Å². The van der Waals surface area contributed by atoms with Gasteiger partial charge in [0.05, 0.1) is 59.3 Å². The van der Waals surface area contributed by atoms with E-state index in [0.29, 0.717) is 11.6 Å². The van der Waals surface area contributed by atoms with E-state index in [1.165, 1.54) is 16.9 Å². The minimum absolute atomic E-state index is 0.0484. The number of nitrogens with zero attached hydrogens (tertiary/aromatic N) is 6. The molecular formula is C23H14F7N7O. The molecule has 0 aliphatic heterocycles. The minimum Gasteiger partial charge on any atom is -0.382 e. The first-order chi connectivity index (χ1) is 17.9. The lowest BCUT2D eigenvalue weighted by Crippen LogP contribution is -2.31. The SMILES string of the molecule is Nc1nc2cc(F)c(C(=O)N(Cc3ccc(C(F)(F)F)cc3F)c3cnn(C(F)F)c3)cc2n2cncc12. The van der Waals surface area contributed by atoms with E-state index >= 15 is 4.39 Å². The third-order valence-electron chi connectivity index (χ3n) is 5.75. The molecule has 5 rings (SSSR count). The Morgan fingerprint density at radius 3 is 2.47 bits per heavy atom. The van der Waals surface area contributed by atoms with Crippen LogP contribution in [0.3, 0.4) is 0 Å². The topological polar surface area (TPSA) is 94.3 Å². The summed E-state index contributed by atoms with van der Waals surface area (Å²) in [6.45, 7) is -3.82. The molecule has 3 heterocycles. The lowest BCUT2D eigenvalue weighted by atomic mass is 10.1. The van der Waals surface area contributed by atoms with Crippen molar-refractivity contribution in [2.45, 2.75) is 19.3 Å².